The van der Waals surface area contributed by atoms with Gasteiger partial charge in [-0.1, -0.05) is 0 Å². The van der Waals surface area contributed by atoms with E-state index in [4.69, 9.17) is 0 Å². The number of rotatable bonds is 3. The highest BCUT2D eigenvalue weighted by molar-refractivity contribution is 8.18. The summed E-state index contributed by atoms with van der Waals surface area (Å²) in [6, 6.07) is 3.19. The molecule has 1 amide bonds. The Morgan fingerprint density at radius 3 is 2.73 bits per heavy atom. The van der Waals surface area contributed by atoms with E-state index in [-0.39, 0.29) is 21.7 Å². The molecule has 1 aromatic rings. The molecule has 8 heteroatoms. The van der Waals surface area contributed by atoms with Crippen molar-refractivity contribution in [1.82, 2.24) is 4.90 Å². The zero-order chi connectivity index (χ0) is 16.3. The van der Waals surface area contributed by atoms with Crippen LogP contribution in [-0.2, 0) is 14.3 Å². The van der Waals surface area contributed by atoms with E-state index in [0.29, 0.717) is 6.54 Å². The van der Waals surface area contributed by atoms with Crippen molar-refractivity contribution in [2.75, 3.05) is 13.7 Å². The number of aliphatic imine (C=N–C) groups is 1. The number of amides is 1. The van der Waals surface area contributed by atoms with Crippen LogP contribution < -0.4 is 0 Å². The van der Waals surface area contributed by atoms with Gasteiger partial charge in [0.2, 0.25) is 0 Å². The van der Waals surface area contributed by atoms with Gasteiger partial charge < -0.3 is 4.74 Å². The molecule has 1 heterocycles. The molecule has 1 fully saturated rings. The lowest BCUT2D eigenvalue weighted by atomic mass is 10.3. The minimum Gasteiger partial charge on any atom is -0.466 e. The number of carbonyl (C=O) groups is 2. The Balaban J connectivity index is 2.35. The number of nitrogens with zero attached hydrogens (tertiary/aromatic N) is 2. The van der Waals surface area contributed by atoms with Crippen LogP contribution in [0.15, 0.2) is 34.2 Å². The smallest absolute Gasteiger partial charge is 0.331 e. The summed E-state index contributed by atoms with van der Waals surface area (Å²) in [5.41, 5.74) is 0.173. The van der Waals surface area contributed by atoms with Crippen LogP contribution in [0, 0.1) is 11.6 Å². The van der Waals surface area contributed by atoms with Gasteiger partial charge in [0.1, 0.15) is 0 Å². The van der Waals surface area contributed by atoms with Crippen LogP contribution in [0.25, 0.3) is 0 Å². The molecule has 1 aliphatic heterocycles. The second kappa shape index (κ2) is 6.69. The summed E-state index contributed by atoms with van der Waals surface area (Å²) in [6.07, 6.45) is 1.07. The largest absolute Gasteiger partial charge is 0.466 e. The Kier molecular flexibility index (Phi) is 4.92. The van der Waals surface area contributed by atoms with Gasteiger partial charge >= 0.3 is 5.97 Å². The van der Waals surface area contributed by atoms with Gasteiger partial charge in [0.15, 0.2) is 16.8 Å². The van der Waals surface area contributed by atoms with Gasteiger partial charge in [-0.15, -0.1) is 0 Å². The van der Waals surface area contributed by atoms with E-state index in [9.17, 15) is 18.4 Å². The van der Waals surface area contributed by atoms with Gasteiger partial charge in [-0.2, -0.15) is 0 Å². The van der Waals surface area contributed by atoms with Crippen LogP contribution in [0.5, 0.6) is 0 Å². The fourth-order valence-electron chi connectivity index (χ4n) is 1.70. The Hall–Kier alpha value is -2.22. The second-order valence-corrected chi connectivity index (χ2v) is 5.19. The van der Waals surface area contributed by atoms with E-state index >= 15 is 0 Å². The fourth-order valence-corrected chi connectivity index (χ4v) is 2.72. The van der Waals surface area contributed by atoms with E-state index in [1.54, 1.807) is 6.92 Å². The van der Waals surface area contributed by atoms with E-state index in [1.807, 2.05) is 0 Å². The molecule has 0 N–H and O–H groups in total. The molecule has 0 radical (unpaired) electrons. The van der Waals surface area contributed by atoms with Crippen molar-refractivity contribution in [2.45, 2.75) is 6.92 Å². The van der Waals surface area contributed by atoms with Gasteiger partial charge in [0, 0.05) is 18.7 Å². The third-order valence-corrected chi connectivity index (χ3v) is 3.79. The van der Waals surface area contributed by atoms with Crippen LogP contribution in [0.4, 0.5) is 14.5 Å². The molecule has 2 rings (SSSR count). The maximum Gasteiger partial charge on any atom is 0.331 e. The Morgan fingerprint density at radius 1 is 1.41 bits per heavy atom. The van der Waals surface area contributed by atoms with Crippen molar-refractivity contribution in [2.24, 2.45) is 4.99 Å². The number of ether oxygens (including phenoxy) is 1. The van der Waals surface area contributed by atoms with Gasteiger partial charge in [-0.25, -0.2) is 18.6 Å². The number of benzene rings is 1. The number of hydrogen-bond donors (Lipinski definition) is 0. The van der Waals surface area contributed by atoms with Crippen LogP contribution in [0.3, 0.4) is 0 Å². The number of esters is 1. The highest BCUT2D eigenvalue weighted by Crippen LogP contribution is 2.32. The first-order chi connectivity index (χ1) is 10.5. The molecule has 0 spiro atoms. The van der Waals surface area contributed by atoms with Gasteiger partial charge in [0.25, 0.3) is 5.91 Å². The summed E-state index contributed by atoms with van der Waals surface area (Å²) >= 11 is 0.971. The van der Waals surface area contributed by atoms with E-state index in [2.05, 4.69) is 9.73 Å². The van der Waals surface area contributed by atoms with Gasteiger partial charge in [0.05, 0.1) is 17.7 Å². The quantitative estimate of drug-likeness (QED) is 0.633. The highest BCUT2D eigenvalue weighted by Gasteiger charge is 2.33. The molecule has 22 heavy (non-hydrogen) atoms. The summed E-state index contributed by atoms with van der Waals surface area (Å²) in [5.74, 6) is -3.04. The van der Waals surface area contributed by atoms with E-state index in [0.717, 1.165) is 30.0 Å². The first-order valence-electron chi connectivity index (χ1n) is 6.29. The number of carbonyl (C=O) groups excluding carboxylic acids is 2. The molecule has 1 saturated heterocycles. The molecule has 0 atom stereocenters. The molecule has 0 unspecified atom stereocenters. The SMILES string of the molecule is CCN1C(=O)C(=CC(=O)OC)SC1=Nc1ccc(F)c(F)c1. The van der Waals surface area contributed by atoms with Crippen molar-refractivity contribution in [3.63, 3.8) is 0 Å². The number of thioether (sulfide) groups is 1. The average Bonchev–Trinajstić information content (AvgIpc) is 2.78. The molecule has 1 aromatic carbocycles. The molecule has 0 bridgehead atoms. The van der Waals surface area contributed by atoms with Crippen molar-refractivity contribution < 1.29 is 23.1 Å². The van der Waals surface area contributed by atoms with Crippen molar-refractivity contribution in [1.29, 1.82) is 0 Å². The summed E-state index contributed by atoms with van der Waals surface area (Å²) in [7, 11) is 1.21. The van der Waals surface area contributed by atoms with Gasteiger partial charge in [-0.05, 0) is 30.8 Å². The van der Waals surface area contributed by atoms with Crippen LogP contribution >= 0.6 is 11.8 Å². The minimum absolute atomic E-state index is 0.162. The molecule has 0 aromatic heterocycles. The maximum atomic E-state index is 13.2. The molecule has 0 aliphatic carbocycles. The van der Waals surface area contributed by atoms with Gasteiger partial charge in [-0.3, -0.25) is 9.69 Å². The van der Waals surface area contributed by atoms with Crippen molar-refractivity contribution in [3.05, 3.63) is 40.8 Å². The Morgan fingerprint density at radius 2 is 2.14 bits per heavy atom. The summed E-state index contributed by atoms with van der Waals surface area (Å²) in [4.78, 5) is 29.0. The molecule has 1 aliphatic rings. The van der Waals surface area contributed by atoms with Crippen molar-refractivity contribution in [3.8, 4) is 0 Å². The summed E-state index contributed by atoms with van der Waals surface area (Å²) in [5, 5.41) is 0.286. The molecule has 5 nitrogen and oxygen atoms in total. The standard InChI is InChI=1S/C14H12F2N2O3S/c1-3-18-13(20)11(7-12(19)21-2)22-14(18)17-8-4-5-9(15)10(16)6-8/h4-7H,3H2,1-2H3. The zero-order valence-electron chi connectivity index (χ0n) is 11.8. The molecular formula is C14H12F2N2O3S. The maximum absolute atomic E-state index is 13.2. The lowest BCUT2D eigenvalue weighted by molar-refractivity contribution is -0.135. The monoisotopic (exact) mass is 326 g/mol. The first-order valence-corrected chi connectivity index (χ1v) is 7.11. The first kappa shape index (κ1) is 16.2. The third-order valence-electron chi connectivity index (χ3n) is 2.78. The molecule has 116 valence electrons. The van der Waals surface area contributed by atoms with Crippen LogP contribution in [0.1, 0.15) is 6.92 Å². The average molecular weight is 326 g/mol. The lowest BCUT2D eigenvalue weighted by Crippen LogP contribution is -2.28. The number of amidine groups is 1. The Labute approximate surface area is 129 Å². The van der Waals surface area contributed by atoms with E-state index < -0.39 is 17.6 Å². The zero-order valence-corrected chi connectivity index (χ0v) is 12.6. The fraction of sp³-hybridized carbons (Fsp3) is 0.214. The summed E-state index contributed by atoms with van der Waals surface area (Å²) < 4.78 is 30.6. The van der Waals surface area contributed by atoms with Crippen molar-refractivity contribution >= 4 is 34.5 Å². The topological polar surface area (TPSA) is 59.0 Å². The van der Waals surface area contributed by atoms with Crippen LogP contribution in [-0.4, -0.2) is 35.6 Å². The summed E-state index contributed by atoms with van der Waals surface area (Å²) in [6.45, 7) is 2.06. The number of halogens is 2. The lowest BCUT2D eigenvalue weighted by Gasteiger charge is -2.11. The normalized spacial score (nSPS) is 18.4. The molecule has 0 saturated carbocycles. The number of methoxy groups -OCH3 is 1. The van der Waals surface area contributed by atoms with Crippen LogP contribution in [0.2, 0.25) is 0 Å². The second-order valence-electron chi connectivity index (χ2n) is 4.18. The van der Waals surface area contributed by atoms with E-state index in [1.165, 1.54) is 18.1 Å². The minimum atomic E-state index is -1.02. The Bertz CT molecular complexity index is 689. The number of hydrogen-bond acceptors (Lipinski definition) is 5. The predicted molar refractivity (Wildman–Crippen MR) is 78.5 cm³/mol. The number of likely N-dealkylation sites (N-methyl/N-ethyl adjacent to an activating group) is 1. The highest BCUT2D eigenvalue weighted by atomic mass is 32.2. The molecular weight excluding hydrogens is 314 g/mol. The third kappa shape index (κ3) is 3.33. The predicted octanol–water partition coefficient (Wildman–Crippen LogP) is 2.60.